The van der Waals surface area contributed by atoms with Crippen LogP contribution < -0.4 is 0 Å². The Morgan fingerprint density at radius 2 is 0.690 bits per heavy atom. The predicted molar refractivity (Wildman–Crippen MR) is 351 cm³/mol. The van der Waals surface area contributed by atoms with E-state index in [2.05, 4.69) is 0 Å². The molecule has 1 N–H and O–H groups in total. The van der Waals surface area contributed by atoms with E-state index in [1.54, 1.807) is 72.8 Å². The van der Waals surface area contributed by atoms with Gasteiger partial charge in [0.1, 0.15) is 99.2 Å². The zero-order chi connectivity index (χ0) is 70.3. The third-order valence-corrected chi connectivity index (χ3v) is 17.3. The Labute approximate surface area is 581 Å². The Hall–Kier alpha value is -7.48. The molecule has 25 nitrogen and oxygen atoms in total. The number of benzene rings is 6. The molecule has 0 saturated carbocycles. The predicted octanol–water partition coefficient (Wildman–Crippen LogP) is 7.06. The molecule has 8 unspecified atom stereocenters. The minimum atomic E-state index is -1.80. The van der Waals surface area contributed by atoms with E-state index in [1.165, 1.54) is 42.5 Å². The fourth-order valence-corrected chi connectivity index (χ4v) is 12.4. The highest BCUT2D eigenvalue weighted by Crippen LogP contribution is 2.40. The molecule has 6 aromatic carbocycles. The van der Waals surface area contributed by atoms with Crippen molar-refractivity contribution < 1.29 is 119 Å². The Morgan fingerprint density at radius 1 is 0.330 bits per heavy atom. The number of rotatable bonds is 33. The minimum Gasteiger partial charge on any atom is -0.463 e. The van der Waals surface area contributed by atoms with Crippen molar-refractivity contribution in [3.63, 3.8) is 0 Å². The van der Waals surface area contributed by atoms with Gasteiger partial charge in [-0.2, -0.15) is 0 Å². The van der Waals surface area contributed by atoms with Crippen LogP contribution in [0.1, 0.15) is 47.2 Å². The average Bonchev–Trinajstić information content (AvgIpc) is 0.763. The molecule has 4 aliphatic rings. The molecule has 10 rings (SSSR count). The van der Waals surface area contributed by atoms with Crippen molar-refractivity contribution >= 4 is 23.9 Å². The summed E-state index contributed by atoms with van der Waals surface area (Å²) in [6.45, 7) is 1.44. The number of ether oxygens (including phenoxy) is 20. The maximum absolute atomic E-state index is 15.4. The monoisotopic (exact) mass is 1390 g/mol. The summed E-state index contributed by atoms with van der Waals surface area (Å²) < 4.78 is 129. The van der Waals surface area contributed by atoms with Crippen LogP contribution in [0.15, 0.2) is 182 Å². The lowest BCUT2D eigenvalue weighted by molar-refractivity contribution is -0.391. The molecule has 100 heavy (non-hydrogen) atoms. The van der Waals surface area contributed by atoms with Gasteiger partial charge < -0.3 is 99.8 Å². The molecule has 4 aliphatic heterocycles. The molecule has 6 aromatic rings. The molecule has 538 valence electrons. The molecule has 20 atom stereocenters. The second kappa shape index (κ2) is 38.0. The summed E-state index contributed by atoms with van der Waals surface area (Å²) in [4.78, 5) is 56.0. The van der Waals surface area contributed by atoms with E-state index in [9.17, 15) is 19.5 Å². The molecule has 0 amide bonds. The molecule has 0 radical (unpaired) electrons. The summed E-state index contributed by atoms with van der Waals surface area (Å²) in [5, 5.41) is 11.7. The highest BCUT2D eigenvalue weighted by atomic mass is 16.8. The van der Waals surface area contributed by atoms with E-state index in [4.69, 9.17) is 94.7 Å². The van der Waals surface area contributed by atoms with Gasteiger partial charge in [0.2, 0.25) is 0 Å². The average molecular weight is 1390 g/mol. The maximum atomic E-state index is 15.4. The number of aliphatic hydroxyl groups excluding tert-OH is 1. The van der Waals surface area contributed by atoms with Crippen LogP contribution in [0, 0.1) is 0 Å². The van der Waals surface area contributed by atoms with E-state index in [-0.39, 0.29) is 46.2 Å². The number of carbonyl (C=O) groups is 4. The first-order chi connectivity index (χ1) is 48.8. The SMILES string of the molecule is COC1C(OC)[C@H](O[C@H]2O[C@H](COC(C)=O)[C@@H](O[C@@H]3OC(C(=O)OCc4ccccc4)[C@H](O)[C@H](OC)C3OC)C(OC(C)=O)C2OCc2ccccc2)[C@H](C(=O)OCc2ccccc2)O[C@@H]1O[C@H]1C(COCc2ccccc2)O[C@@H](OC)C(OCc2ccccc2)[C@H]1OCc1ccccc1. The fraction of sp³-hybridized carbons (Fsp3) is 0.467. The maximum Gasteiger partial charge on any atom is 0.338 e. The van der Waals surface area contributed by atoms with Gasteiger partial charge in [-0.3, -0.25) is 9.59 Å². The quantitative estimate of drug-likeness (QED) is 0.0319. The highest BCUT2D eigenvalue weighted by molar-refractivity contribution is 5.76. The van der Waals surface area contributed by atoms with Crippen LogP contribution >= 0.6 is 0 Å². The first-order valence-electron chi connectivity index (χ1n) is 33.0. The van der Waals surface area contributed by atoms with Gasteiger partial charge in [-0.05, 0) is 33.4 Å². The summed E-state index contributed by atoms with van der Waals surface area (Å²) in [6, 6.07) is 55.5. The number of aliphatic hydroxyl groups is 1. The van der Waals surface area contributed by atoms with Gasteiger partial charge in [-0.25, -0.2) is 9.59 Å². The lowest BCUT2D eigenvalue weighted by Crippen LogP contribution is -2.69. The second-order valence-electron chi connectivity index (χ2n) is 24.1. The molecule has 4 heterocycles. The highest BCUT2D eigenvalue weighted by Gasteiger charge is 2.60. The zero-order valence-electron chi connectivity index (χ0n) is 56.8. The smallest absolute Gasteiger partial charge is 0.338 e. The minimum absolute atomic E-state index is 0.0736. The normalized spacial score (nSPS) is 29.8. The first-order valence-corrected chi connectivity index (χ1v) is 33.0. The summed E-state index contributed by atoms with van der Waals surface area (Å²) >= 11 is 0. The van der Waals surface area contributed by atoms with E-state index in [0.29, 0.717) is 16.7 Å². The molecular weight excluding hydrogens is 1300 g/mol. The van der Waals surface area contributed by atoms with Gasteiger partial charge in [0.25, 0.3) is 0 Å². The van der Waals surface area contributed by atoms with E-state index in [1.807, 2.05) is 109 Å². The topological polar surface area (TPSA) is 273 Å². The number of methoxy groups -OCH3 is 5. The van der Waals surface area contributed by atoms with Crippen LogP contribution in [0.5, 0.6) is 0 Å². The van der Waals surface area contributed by atoms with E-state index < -0.39 is 153 Å². The van der Waals surface area contributed by atoms with Gasteiger partial charge in [0, 0.05) is 49.4 Å². The fourth-order valence-electron chi connectivity index (χ4n) is 12.4. The van der Waals surface area contributed by atoms with Crippen LogP contribution in [0.25, 0.3) is 0 Å². The van der Waals surface area contributed by atoms with Gasteiger partial charge in [0.15, 0.2) is 43.5 Å². The van der Waals surface area contributed by atoms with E-state index in [0.717, 1.165) is 23.6 Å². The Bertz CT molecular complexity index is 3400. The standard InChI is InChI=1S/C75H88O25/c1-46(76)87-45-55-58(97-73-66(83-5)59(81-3)56(78)60(98-73)70(79)91-42-52-34-22-12-23-35-52)63(93-47(2)77)69(90-41-51-32-20-11-21-33-51)75(95-55)99-64-61(82-4)67(84-6)74(100-65(64)71(80)92-43-53-36-24-13-25-37-53)96-57-54(44-86-38-48-26-14-8-15-27-48)94-72(85-7)68(89-40-50-30-18-10-19-31-50)62(57)88-39-49-28-16-9-17-29-49/h8-37,54-69,72-75,78H,38-45H2,1-7H3/t54?,55-,56-,57+,58-,59+,60?,61?,62+,63?,64+,65-,66?,67?,68?,69?,72-,73-,74+,75-/m1/s1. The Balaban J connectivity index is 1.03. The van der Waals surface area contributed by atoms with Crippen LogP contribution in [-0.2, 0) is 154 Å². The zero-order valence-corrected chi connectivity index (χ0v) is 56.8. The molecule has 0 spiro atoms. The number of hydrogen-bond acceptors (Lipinski definition) is 25. The summed E-state index contributed by atoms with van der Waals surface area (Å²) in [5.41, 5.74) is 4.51. The lowest BCUT2D eigenvalue weighted by Gasteiger charge is -2.51. The molecule has 4 fully saturated rings. The summed E-state index contributed by atoms with van der Waals surface area (Å²) in [6.07, 6.45) is -28.5. The van der Waals surface area contributed by atoms with Crippen molar-refractivity contribution in [1.29, 1.82) is 0 Å². The molecular formula is C75H88O25. The van der Waals surface area contributed by atoms with Crippen molar-refractivity contribution in [3.05, 3.63) is 215 Å². The van der Waals surface area contributed by atoms with E-state index >= 15 is 4.79 Å². The van der Waals surface area contributed by atoms with Gasteiger partial charge >= 0.3 is 23.9 Å². The number of hydrogen-bond donors (Lipinski definition) is 1. The Kier molecular flexibility index (Phi) is 28.6. The summed E-state index contributed by atoms with van der Waals surface area (Å²) in [7, 11) is 6.88. The van der Waals surface area contributed by atoms with Crippen molar-refractivity contribution in [3.8, 4) is 0 Å². The number of esters is 4. The van der Waals surface area contributed by atoms with Gasteiger partial charge in [0.05, 0.1) is 33.0 Å². The molecule has 0 aliphatic carbocycles. The summed E-state index contributed by atoms with van der Waals surface area (Å²) in [5.74, 6) is -3.52. The van der Waals surface area contributed by atoms with Gasteiger partial charge in [-0.15, -0.1) is 0 Å². The number of carbonyl (C=O) groups excluding carboxylic acids is 4. The first kappa shape index (κ1) is 75.2. The largest absolute Gasteiger partial charge is 0.463 e. The van der Waals surface area contributed by atoms with Crippen molar-refractivity contribution in [2.45, 2.75) is 176 Å². The molecule has 4 saturated heterocycles. The van der Waals surface area contributed by atoms with Crippen LogP contribution in [-0.4, -0.2) is 201 Å². The van der Waals surface area contributed by atoms with Gasteiger partial charge in [-0.1, -0.05) is 182 Å². The Morgan fingerprint density at radius 3 is 1.13 bits per heavy atom. The molecule has 25 heteroatoms. The third-order valence-electron chi connectivity index (χ3n) is 17.3. The van der Waals surface area contributed by atoms with Crippen LogP contribution in [0.4, 0.5) is 0 Å². The van der Waals surface area contributed by atoms with Crippen molar-refractivity contribution in [1.82, 2.24) is 0 Å². The molecule has 0 aromatic heterocycles. The van der Waals surface area contributed by atoms with Crippen LogP contribution in [0.2, 0.25) is 0 Å². The van der Waals surface area contributed by atoms with Crippen molar-refractivity contribution in [2.24, 2.45) is 0 Å². The second-order valence-corrected chi connectivity index (χ2v) is 24.1. The van der Waals surface area contributed by atoms with Crippen molar-refractivity contribution in [2.75, 3.05) is 48.8 Å². The third kappa shape index (κ3) is 20.0. The molecule has 0 bridgehead atoms. The lowest BCUT2D eigenvalue weighted by atomic mass is 9.94. The van der Waals surface area contributed by atoms with Crippen LogP contribution in [0.3, 0.4) is 0 Å².